The molecular weight excluding hydrogens is 404 g/mol. The highest BCUT2D eigenvalue weighted by molar-refractivity contribution is 5.96. The zero-order valence-corrected chi connectivity index (χ0v) is 18.4. The van der Waals surface area contributed by atoms with E-state index in [0.29, 0.717) is 24.7 Å². The summed E-state index contributed by atoms with van der Waals surface area (Å²) < 4.78 is 13.8. The third-order valence-electron chi connectivity index (χ3n) is 5.39. The number of benzene rings is 2. The molecule has 0 spiro atoms. The van der Waals surface area contributed by atoms with Crippen LogP contribution in [0.5, 0.6) is 5.88 Å². The van der Waals surface area contributed by atoms with E-state index in [1.165, 1.54) is 0 Å². The summed E-state index contributed by atoms with van der Waals surface area (Å²) >= 11 is 0. The number of aromatic nitrogens is 2. The molecule has 32 heavy (non-hydrogen) atoms. The number of carboxylic acids is 1. The molecule has 0 saturated carbocycles. The molecule has 0 bridgehead atoms. The van der Waals surface area contributed by atoms with Gasteiger partial charge in [0.2, 0.25) is 5.88 Å². The van der Waals surface area contributed by atoms with Gasteiger partial charge in [-0.05, 0) is 55.2 Å². The summed E-state index contributed by atoms with van der Waals surface area (Å²) in [5.41, 5.74) is 5.62. The lowest BCUT2D eigenvalue weighted by atomic mass is 9.97. The third-order valence-corrected chi connectivity index (χ3v) is 5.39. The summed E-state index contributed by atoms with van der Waals surface area (Å²) in [6.07, 6.45) is 1.58. The van der Waals surface area contributed by atoms with Gasteiger partial charge in [-0.25, -0.2) is 4.79 Å². The highest BCUT2D eigenvalue weighted by atomic mass is 16.5. The molecule has 0 aliphatic rings. The topological polar surface area (TPSA) is 73.1 Å². The number of hydrogen-bond donors (Lipinski definition) is 1. The van der Waals surface area contributed by atoms with Gasteiger partial charge in [0, 0.05) is 6.61 Å². The third kappa shape index (κ3) is 4.09. The van der Waals surface area contributed by atoms with Gasteiger partial charge in [-0.1, -0.05) is 48.5 Å². The molecule has 0 aliphatic heterocycles. The van der Waals surface area contributed by atoms with Crippen LogP contribution in [-0.4, -0.2) is 33.7 Å². The molecule has 0 radical (unpaired) electrons. The van der Waals surface area contributed by atoms with E-state index >= 15 is 0 Å². The van der Waals surface area contributed by atoms with Gasteiger partial charge in [0.05, 0.1) is 24.1 Å². The smallest absolute Gasteiger partial charge is 0.336 e. The fourth-order valence-corrected chi connectivity index (χ4v) is 3.91. The van der Waals surface area contributed by atoms with E-state index < -0.39 is 5.97 Å². The van der Waals surface area contributed by atoms with E-state index in [9.17, 15) is 9.90 Å². The second-order valence-corrected chi connectivity index (χ2v) is 7.46. The maximum absolute atomic E-state index is 11.6. The Morgan fingerprint density at radius 1 is 1.03 bits per heavy atom. The van der Waals surface area contributed by atoms with E-state index in [2.05, 4.69) is 4.98 Å². The predicted octanol–water partition coefficient (Wildman–Crippen LogP) is 5.53. The van der Waals surface area contributed by atoms with Crippen LogP contribution < -0.4 is 4.74 Å². The molecule has 0 saturated heterocycles. The molecule has 2 heterocycles. The molecule has 2 aromatic carbocycles. The van der Waals surface area contributed by atoms with E-state index in [1.807, 2.05) is 79.9 Å². The number of aromatic carboxylic acids is 1. The Morgan fingerprint density at radius 2 is 1.78 bits per heavy atom. The molecule has 0 fully saturated rings. The van der Waals surface area contributed by atoms with E-state index in [4.69, 9.17) is 9.47 Å². The molecule has 6 heteroatoms. The molecule has 1 atom stereocenters. The lowest BCUT2D eigenvalue weighted by Gasteiger charge is -2.20. The van der Waals surface area contributed by atoms with Crippen LogP contribution in [0.25, 0.3) is 16.8 Å². The first-order valence-corrected chi connectivity index (χ1v) is 10.7. The lowest BCUT2D eigenvalue weighted by molar-refractivity contribution is 0.0697. The molecule has 0 unspecified atom stereocenters. The van der Waals surface area contributed by atoms with Crippen molar-refractivity contribution in [3.05, 3.63) is 89.2 Å². The number of imidazole rings is 1. The largest absolute Gasteiger partial charge is 0.478 e. The van der Waals surface area contributed by atoms with Crippen molar-refractivity contribution in [1.82, 2.24) is 9.38 Å². The SMILES string of the molecule is CCOc1cn2c([C@H](OCC)c3ccc(-c4ccccc4C(=O)O)cc3)ccc(C)c2n1. The standard InChI is InChI=1S/C26H26N2O4/c1-4-31-23-16-28-22(15-10-17(3)25(28)27-23)24(32-5-2)19-13-11-18(12-14-19)20-8-6-7-9-21(20)26(29)30/h6-16,24H,4-5H2,1-3H3,(H,29,30)/t24-/m1/s1. The van der Waals surface area contributed by atoms with Crippen molar-refractivity contribution in [2.45, 2.75) is 26.9 Å². The summed E-state index contributed by atoms with van der Waals surface area (Å²) in [7, 11) is 0. The maximum Gasteiger partial charge on any atom is 0.336 e. The zero-order valence-electron chi connectivity index (χ0n) is 18.4. The molecule has 2 aromatic heterocycles. The number of ether oxygens (including phenoxy) is 2. The number of pyridine rings is 1. The van der Waals surface area contributed by atoms with Crippen LogP contribution in [-0.2, 0) is 4.74 Å². The van der Waals surface area contributed by atoms with E-state index in [0.717, 1.165) is 28.0 Å². The molecule has 0 aliphatic carbocycles. The Morgan fingerprint density at radius 3 is 2.47 bits per heavy atom. The van der Waals surface area contributed by atoms with E-state index in [1.54, 1.807) is 12.1 Å². The number of rotatable bonds is 8. The monoisotopic (exact) mass is 430 g/mol. The summed E-state index contributed by atoms with van der Waals surface area (Å²) in [6.45, 7) is 7.01. The van der Waals surface area contributed by atoms with Crippen molar-refractivity contribution in [2.75, 3.05) is 13.2 Å². The first kappa shape index (κ1) is 21.6. The molecule has 4 aromatic rings. The second-order valence-electron chi connectivity index (χ2n) is 7.46. The van der Waals surface area contributed by atoms with Crippen LogP contribution in [0.2, 0.25) is 0 Å². The normalized spacial score (nSPS) is 12.1. The van der Waals surface area contributed by atoms with Gasteiger partial charge in [0.1, 0.15) is 11.8 Å². The van der Waals surface area contributed by atoms with Gasteiger partial charge in [-0.2, -0.15) is 4.98 Å². The molecule has 4 rings (SSSR count). The van der Waals surface area contributed by atoms with Crippen LogP contribution in [0.1, 0.15) is 47.1 Å². The number of fused-ring (bicyclic) bond motifs is 1. The highest BCUT2D eigenvalue weighted by Crippen LogP contribution is 2.31. The molecule has 6 nitrogen and oxygen atoms in total. The fraction of sp³-hybridized carbons (Fsp3) is 0.231. The van der Waals surface area contributed by atoms with Gasteiger partial charge in [0.15, 0.2) is 0 Å². The lowest BCUT2D eigenvalue weighted by Crippen LogP contribution is -2.11. The molecule has 164 valence electrons. The minimum absolute atomic E-state index is 0.281. The Kier molecular flexibility index (Phi) is 6.23. The first-order valence-electron chi connectivity index (χ1n) is 10.7. The van der Waals surface area contributed by atoms with Gasteiger partial charge in [-0.15, -0.1) is 0 Å². The van der Waals surface area contributed by atoms with Gasteiger partial charge in [-0.3, -0.25) is 4.40 Å². The minimum atomic E-state index is -0.941. The summed E-state index contributed by atoms with van der Waals surface area (Å²) in [5.74, 6) is -0.358. The Labute approximate surface area is 187 Å². The first-order chi connectivity index (χ1) is 15.5. The average Bonchev–Trinajstić information content (AvgIpc) is 3.23. The molecular formula is C26H26N2O4. The van der Waals surface area contributed by atoms with Crippen LogP contribution in [0, 0.1) is 6.92 Å². The van der Waals surface area contributed by atoms with Crippen LogP contribution in [0.3, 0.4) is 0 Å². The second kappa shape index (κ2) is 9.24. The van der Waals surface area contributed by atoms with Crippen molar-refractivity contribution >= 4 is 11.6 Å². The van der Waals surface area contributed by atoms with Gasteiger partial charge in [0.25, 0.3) is 0 Å². The van der Waals surface area contributed by atoms with Crippen LogP contribution in [0.15, 0.2) is 66.9 Å². The number of aryl methyl sites for hydroxylation is 1. The van der Waals surface area contributed by atoms with Crippen LogP contribution in [0.4, 0.5) is 0 Å². The minimum Gasteiger partial charge on any atom is -0.478 e. The highest BCUT2D eigenvalue weighted by Gasteiger charge is 2.20. The van der Waals surface area contributed by atoms with Gasteiger partial charge >= 0.3 is 5.97 Å². The zero-order chi connectivity index (χ0) is 22.7. The average molecular weight is 431 g/mol. The number of hydrogen-bond acceptors (Lipinski definition) is 4. The summed E-state index contributed by atoms with van der Waals surface area (Å²) in [4.78, 5) is 16.2. The van der Waals surface area contributed by atoms with E-state index in [-0.39, 0.29) is 11.7 Å². The Balaban J connectivity index is 1.76. The number of carbonyl (C=O) groups is 1. The van der Waals surface area contributed by atoms with Gasteiger partial charge < -0.3 is 14.6 Å². The summed E-state index contributed by atoms with van der Waals surface area (Å²) in [5, 5.41) is 9.51. The Bertz CT molecular complexity index is 1240. The van der Waals surface area contributed by atoms with Crippen molar-refractivity contribution < 1.29 is 19.4 Å². The maximum atomic E-state index is 11.6. The van der Waals surface area contributed by atoms with Crippen molar-refractivity contribution in [2.24, 2.45) is 0 Å². The fourth-order valence-electron chi connectivity index (χ4n) is 3.91. The van der Waals surface area contributed by atoms with Crippen molar-refractivity contribution in [3.8, 4) is 17.0 Å². The van der Waals surface area contributed by atoms with Crippen molar-refractivity contribution in [1.29, 1.82) is 0 Å². The number of nitrogens with zero attached hydrogens (tertiary/aromatic N) is 2. The summed E-state index contributed by atoms with van der Waals surface area (Å²) in [6, 6.07) is 19.0. The quantitative estimate of drug-likeness (QED) is 0.398. The molecule has 0 amide bonds. The number of carboxylic acid groups (broad SMARTS) is 1. The van der Waals surface area contributed by atoms with Crippen molar-refractivity contribution in [3.63, 3.8) is 0 Å². The van der Waals surface area contributed by atoms with Crippen LogP contribution >= 0.6 is 0 Å². The molecule has 1 N–H and O–H groups in total. The predicted molar refractivity (Wildman–Crippen MR) is 123 cm³/mol. The Hall–Kier alpha value is -3.64.